The van der Waals surface area contributed by atoms with Gasteiger partial charge in [-0.2, -0.15) is 0 Å². The summed E-state index contributed by atoms with van der Waals surface area (Å²) in [6, 6.07) is 21.0. The number of ether oxygens (including phenoxy) is 1. The van der Waals surface area contributed by atoms with Gasteiger partial charge in [-0.3, -0.25) is 14.5 Å². The second-order valence-electron chi connectivity index (χ2n) is 8.83. The van der Waals surface area contributed by atoms with Crippen LogP contribution in [-0.4, -0.2) is 28.4 Å². The number of hydrogen-bond acceptors (Lipinski definition) is 6. The summed E-state index contributed by atoms with van der Waals surface area (Å²) in [5, 5.41) is 11.9. The lowest BCUT2D eigenvalue weighted by molar-refractivity contribution is -0.117. The van der Waals surface area contributed by atoms with Crippen LogP contribution in [0.4, 0.5) is 5.13 Å². The maximum Gasteiger partial charge on any atom is 0.296 e. The van der Waals surface area contributed by atoms with Gasteiger partial charge in [0.15, 0.2) is 16.7 Å². The Kier molecular flexibility index (Phi) is 7.58. The molecule has 1 unspecified atom stereocenters. The van der Waals surface area contributed by atoms with E-state index in [9.17, 15) is 14.7 Å². The number of halogens is 1. The van der Waals surface area contributed by atoms with E-state index >= 15 is 0 Å². The summed E-state index contributed by atoms with van der Waals surface area (Å²) < 4.78 is 6.58. The largest absolute Gasteiger partial charge is 0.503 e. The third-order valence-corrected chi connectivity index (χ3v) is 7.46. The summed E-state index contributed by atoms with van der Waals surface area (Å²) >= 11 is 7.43. The van der Waals surface area contributed by atoms with E-state index in [-0.39, 0.29) is 5.57 Å². The van der Waals surface area contributed by atoms with Gasteiger partial charge in [0.05, 0.1) is 28.4 Å². The van der Waals surface area contributed by atoms with Crippen molar-refractivity contribution in [3.63, 3.8) is 0 Å². The zero-order valence-corrected chi connectivity index (χ0v) is 22.2. The second-order valence-corrected chi connectivity index (χ2v) is 10.3. The number of ketones is 1. The number of benzene rings is 3. The van der Waals surface area contributed by atoms with E-state index in [1.54, 1.807) is 24.3 Å². The van der Waals surface area contributed by atoms with Crippen molar-refractivity contribution in [1.82, 2.24) is 4.98 Å². The average Bonchev–Trinajstić information content (AvgIpc) is 3.46. The molecule has 1 aliphatic rings. The van der Waals surface area contributed by atoms with Crippen LogP contribution >= 0.6 is 22.9 Å². The van der Waals surface area contributed by atoms with E-state index in [2.05, 4.69) is 11.9 Å². The number of hydrogen-bond donors (Lipinski definition) is 1. The third-order valence-electron chi connectivity index (χ3n) is 6.21. The Labute approximate surface area is 229 Å². The Morgan fingerprint density at radius 1 is 1.13 bits per heavy atom. The van der Waals surface area contributed by atoms with Crippen molar-refractivity contribution in [2.75, 3.05) is 11.5 Å². The molecule has 0 spiro atoms. The molecule has 4 aromatic rings. The van der Waals surface area contributed by atoms with E-state index < -0.39 is 23.5 Å². The number of thiazole rings is 1. The van der Waals surface area contributed by atoms with Crippen LogP contribution in [0.2, 0.25) is 5.02 Å². The summed E-state index contributed by atoms with van der Waals surface area (Å²) in [5.41, 5.74) is 2.15. The lowest BCUT2D eigenvalue weighted by atomic mass is 9.95. The molecule has 0 saturated carbocycles. The van der Waals surface area contributed by atoms with Crippen molar-refractivity contribution in [3.05, 3.63) is 106 Å². The average molecular weight is 545 g/mol. The molecule has 1 aromatic heterocycles. The minimum absolute atomic E-state index is 0.000814. The molecule has 0 bridgehead atoms. The molecule has 0 aliphatic carbocycles. The quantitative estimate of drug-likeness (QED) is 0.176. The van der Waals surface area contributed by atoms with E-state index in [4.69, 9.17) is 16.3 Å². The molecule has 0 saturated heterocycles. The third kappa shape index (κ3) is 5.21. The number of carbonyl (C=O) groups is 2. The lowest BCUT2D eigenvalue weighted by Gasteiger charge is -2.24. The predicted molar refractivity (Wildman–Crippen MR) is 152 cm³/mol. The molecule has 38 heavy (non-hydrogen) atoms. The van der Waals surface area contributed by atoms with Gasteiger partial charge >= 0.3 is 0 Å². The Hall–Kier alpha value is -3.94. The minimum Gasteiger partial charge on any atom is -0.503 e. The Balaban J connectivity index is 1.55. The molecular weight excluding hydrogens is 520 g/mol. The van der Waals surface area contributed by atoms with E-state index in [0.29, 0.717) is 33.6 Å². The molecular formula is C30H25ClN2O4S. The van der Waals surface area contributed by atoms with Crippen molar-refractivity contribution in [2.24, 2.45) is 0 Å². The molecule has 1 amide bonds. The number of allylic oxidation sites excluding steroid dienone is 1. The van der Waals surface area contributed by atoms with Gasteiger partial charge in [0.2, 0.25) is 0 Å². The summed E-state index contributed by atoms with van der Waals surface area (Å²) in [4.78, 5) is 32.9. The van der Waals surface area contributed by atoms with Gasteiger partial charge in [-0.15, -0.1) is 0 Å². The highest BCUT2D eigenvalue weighted by molar-refractivity contribution is 7.22. The minimum atomic E-state index is -0.865. The molecule has 2 heterocycles. The number of unbranched alkanes of at least 4 members (excludes halogenated alkanes) is 1. The first-order chi connectivity index (χ1) is 18.5. The Bertz CT molecular complexity index is 1540. The number of aliphatic hydroxyl groups is 1. The molecule has 5 rings (SSSR count). The monoisotopic (exact) mass is 544 g/mol. The van der Waals surface area contributed by atoms with Gasteiger partial charge in [-0.05, 0) is 54.0 Å². The number of rotatable bonds is 9. The van der Waals surface area contributed by atoms with Crippen molar-refractivity contribution in [1.29, 1.82) is 0 Å². The summed E-state index contributed by atoms with van der Waals surface area (Å²) in [7, 11) is 0. The van der Waals surface area contributed by atoms with Crippen LogP contribution in [-0.2, 0) is 9.59 Å². The summed E-state index contributed by atoms with van der Waals surface area (Å²) in [6.07, 6.45) is 5.01. The number of carbonyl (C=O) groups excluding carboxylic acids is 2. The molecule has 1 atom stereocenters. The van der Waals surface area contributed by atoms with Crippen LogP contribution in [0.5, 0.6) is 5.75 Å². The molecule has 1 aliphatic heterocycles. The normalized spacial score (nSPS) is 15.7. The number of fused-ring (bicyclic) bond motifs is 1. The fourth-order valence-electron chi connectivity index (χ4n) is 4.27. The topological polar surface area (TPSA) is 79.7 Å². The van der Waals surface area contributed by atoms with Crippen LogP contribution in [0.25, 0.3) is 16.3 Å². The SMILES string of the molecule is CCCCOc1ccc(C2C(C(=O)/C=C/c3ccccc3)=C(O)C(=O)N2c2nc3ccc(Cl)cc3s2)cc1. The molecule has 3 aromatic carbocycles. The van der Waals surface area contributed by atoms with Crippen LogP contribution in [0, 0.1) is 0 Å². The second kappa shape index (κ2) is 11.2. The maximum absolute atomic E-state index is 13.5. The standard InChI is InChI=1S/C30H25ClN2O4S/c1-2-3-17-37-22-13-10-20(11-14-22)27-26(24(34)16-9-19-7-5-4-6-8-19)28(35)29(36)33(27)30-32-23-15-12-21(31)18-25(23)38-30/h4-16,18,27,35H,2-3,17H2,1H3/b16-9+. The summed E-state index contributed by atoms with van der Waals surface area (Å²) in [6.45, 7) is 2.70. The smallest absolute Gasteiger partial charge is 0.296 e. The Morgan fingerprint density at radius 2 is 1.89 bits per heavy atom. The highest BCUT2D eigenvalue weighted by atomic mass is 35.5. The van der Waals surface area contributed by atoms with Crippen LogP contribution in [0.15, 0.2) is 90.2 Å². The van der Waals surface area contributed by atoms with Gasteiger partial charge in [0, 0.05) is 5.02 Å². The van der Waals surface area contributed by atoms with Crippen molar-refractivity contribution >= 4 is 56.1 Å². The van der Waals surface area contributed by atoms with Gasteiger partial charge in [-0.25, -0.2) is 4.98 Å². The van der Waals surface area contributed by atoms with E-state index in [0.717, 1.165) is 23.1 Å². The van der Waals surface area contributed by atoms with Crippen molar-refractivity contribution < 1.29 is 19.4 Å². The summed E-state index contributed by atoms with van der Waals surface area (Å²) in [5.74, 6) is -1.03. The van der Waals surface area contributed by atoms with Crippen molar-refractivity contribution in [3.8, 4) is 5.75 Å². The number of aliphatic hydroxyl groups excluding tert-OH is 1. The maximum atomic E-state index is 13.5. The number of amides is 1. The zero-order valence-electron chi connectivity index (χ0n) is 20.6. The van der Waals surface area contributed by atoms with Crippen molar-refractivity contribution in [2.45, 2.75) is 25.8 Å². The first-order valence-corrected chi connectivity index (χ1v) is 13.5. The number of anilines is 1. The van der Waals surface area contributed by atoms with Gasteiger partial charge in [0.1, 0.15) is 5.75 Å². The van der Waals surface area contributed by atoms with Crippen LogP contribution < -0.4 is 9.64 Å². The predicted octanol–water partition coefficient (Wildman–Crippen LogP) is 7.31. The van der Waals surface area contributed by atoms with Gasteiger partial charge in [0.25, 0.3) is 5.91 Å². The Morgan fingerprint density at radius 3 is 2.63 bits per heavy atom. The number of nitrogens with zero attached hydrogens (tertiary/aromatic N) is 2. The first kappa shape index (κ1) is 25.7. The molecule has 192 valence electrons. The fraction of sp³-hybridized carbons (Fsp3) is 0.167. The van der Waals surface area contributed by atoms with Gasteiger partial charge < -0.3 is 9.84 Å². The molecule has 1 N–H and O–H groups in total. The van der Waals surface area contributed by atoms with E-state index in [1.165, 1.54) is 22.3 Å². The molecule has 8 heteroatoms. The molecule has 0 radical (unpaired) electrons. The van der Waals surface area contributed by atoms with E-state index in [1.807, 2.05) is 54.6 Å². The number of aromatic nitrogens is 1. The van der Waals surface area contributed by atoms with Gasteiger partial charge in [-0.1, -0.05) is 84.8 Å². The highest BCUT2D eigenvalue weighted by Crippen LogP contribution is 2.44. The first-order valence-electron chi connectivity index (χ1n) is 12.3. The van der Waals surface area contributed by atoms with Crippen LogP contribution in [0.1, 0.15) is 36.9 Å². The molecule has 0 fully saturated rings. The molecule has 6 nitrogen and oxygen atoms in total. The zero-order chi connectivity index (χ0) is 26.6. The lowest BCUT2D eigenvalue weighted by Crippen LogP contribution is -2.30. The highest BCUT2D eigenvalue weighted by Gasteiger charge is 2.45. The van der Waals surface area contributed by atoms with Crippen LogP contribution in [0.3, 0.4) is 0 Å². The fourth-order valence-corrected chi connectivity index (χ4v) is 5.53.